The molecule has 2 heterocycles. The second-order valence-electron chi connectivity index (χ2n) is 3.07. The van der Waals surface area contributed by atoms with E-state index >= 15 is 0 Å². The van der Waals surface area contributed by atoms with Crippen LogP contribution >= 0.6 is 15.9 Å². The van der Waals surface area contributed by atoms with Gasteiger partial charge in [-0.15, -0.1) is 0 Å². The molecule has 0 aliphatic rings. The maximum atomic E-state index is 5.09. The van der Waals surface area contributed by atoms with Crippen LogP contribution in [0.5, 0.6) is 0 Å². The third-order valence-electron chi connectivity index (χ3n) is 2.01. The molecule has 4 nitrogen and oxygen atoms in total. The summed E-state index contributed by atoms with van der Waals surface area (Å²) in [6, 6.07) is 3.84. The number of hydrogen-bond donors (Lipinski definition) is 1. The zero-order chi connectivity index (χ0) is 10.7. The number of anilines is 1. The molecule has 1 N–H and O–H groups in total. The number of oxazole rings is 1. The molecule has 0 aliphatic heterocycles. The fourth-order valence-corrected chi connectivity index (χ4v) is 1.39. The third-order valence-corrected chi connectivity index (χ3v) is 2.48. The lowest BCUT2D eigenvalue weighted by Crippen LogP contribution is -2.02. The summed E-state index contributed by atoms with van der Waals surface area (Å²) in [5.74, 6) is 1.65. The van der Waals surface area contributed by atoms with Gasteiger partial charge in [-0.2, -0.15) is 0 Å². The van der Waals surface area contributed by atoms with Crippen molar-refractivity contribution in [1.29, 1.82) is 0 Å². The highest BCUT2D eigenvalue weighted by molar-refractivity contribution is 9.10. The first kappa shape index (κ1) is 10.2. The van der Waals surface area contributed by atoms with Gasteiger partial charge >= 0.3 is 0 Å². The van der Waals surface area contributed by atoms with Crippen molar-refractivity contribution in [3.05, 3.63) is 40.7 Å². The first-order chi connectivity index (χ1) is 7.25. The Balaban J connectivity index is 1.99. The van der Waals surface area contributed by atoms with Gasteiger partial charge in [-0.3, -0.25) is 0 Å². The van der Waals surface area contributed by atoms with Gasteiger partial charge in [-0.1, -0.05) is 0 Å². The van der Waals surface area contributed by atoms with Gasteiger partial charge < -0.3 is 9.73 Å². The first-order valence-electron chi connectivity index (χ1n) is 4.50. The van der Waals surface area contributed by atoms with E-state index in [-0.39, 0.29) is 0 Å². The number of aryl methyl sites for hydroxylation is 1. The molecule has 2 aromatic rings. The molecular formula is C10H10BrN3O. The van der Waals surface area contributed by atoms with Gasteiger partial charge in [0.1, 0.15) is 17.3 Å². The molecule has 2 aromatic heterocycles. The summed E-state index contributed by atoms with van der Waals surface area (Å²) in [5.41, 5.74) is 0.903. The Morgan fingerprint density at radius 3 is 2.87 bits per heavy atom. The Labute approximate surface area is 95.9 Å². The van der Waals surface area contributed by atoms with Gasteiger partial charge in [0.15, 0.2) is 6.39 Å². The maximum Gasteiger partial charge on any atom is 0.181 e. The van der Waals surface area contributed by atoms with Gasteiger partial charge in [0.25, 0.3) is 0 Å². The quantitative estimate of drug-likeness (QED) is 0.929. The average Bonchev–Trinajstić information content (AvgIpc) is 2.63. The normalized spacial score (nSPS) is 10.3. The molecule has 15 heavy (non-hydrogen) atoms. The maximum absolute atomic E-state index is 5.09. The molecule has 0 unspecified atom stereocenters. The minimum Gasteiger partial charge on any atom is -0.448 e. The van der Waals surface area contributed by atoms with Crippen molar-refractivity contribution >= 4 is 21.7 Å². The molecule has 0 saturated carbocycles. The summed E-state index contributed by atoms with van der Waals surface area (Å²) >= 11 is 3.33. The van der Waals surface area contributed by atoms with Crippen LogP contribution in [0.3, 0.4) is 0 Å². The van der Waals surface area contributed by atoms with Crippen LogP contribution in [0.4, 0.5) is 5.82 Å². The van der Waals surface area contributed by atoms with Gasteiger partial charge in [0.2, 0.25) is 0 Å². The molecule has 0 bridgehead atoms. The van der Waals surface area contributed by atoms with E-state index < -0.39 is 0 Å². The van der Waals surface area contributed by atoms with Crippen molar-refractivity contribution in [3.63, 3.8) is 0 Å². The van der Waals surface area contributed by atoms with Crippen LogP contribution in [0, 0.1) is 6.92 Å². The second kappa shape index (κ2) is 4.44. The van der Waals surface area contributed by atoms with Crippen LogP contribution in [0.15, 0.2) is 33.6 Å². The lowest BCUT2D eigenvalue weighted by Gasteiger charge is -2.03. The number of halogens is 1. The number of rotatable bonds is 3. The Hall–Kier alpha value is -1.36. The van der Waals surface area contributed by atoms with Crippen LogP contribution in [-0.4, -0.2) is 9.97 Å². The highest BCUT2D eigenvalue weighted by Crippen LogP contribution is 2.12. The molecule has 0 amide bonds. The summed E-state index contributed by atoms with van der Waals surface area (Å²) in [6.07, 6.45) is 3.19. The number of aromatic nitrogens is 2. The minimum atomic E-state index is 0.622. The van der Waals surface area contributed by atoms with Crippen molar-refractivity contribution < 1.29 is 4.42 Å². The van der Waals surface area contributed by atoms with Crippen molar-refractivity contribution in [2.75, 3.05) is 5.32 Å². The molecule has 0 radical (unpaired) electrons. The molecule has 0 saturated heterocycles. The van der Waals surface area contributed by atoms with Gasteiger partial charge in [0, 0.05) is 10.7 Å². The standard InChI is InChI=1S/C10H10BrN3O/c1-7-9(14-6-15-7)5-13-10-3-2-8(11)4-12-10/h2-4,6H,5H2,1H3,(H,12,13). The zero-order valence-corrected chi connectivity index (χ0v) is 9.78. The number of hydrogen-bond acceptors (Lipinski definition) is 4. The van der Waals surface area contributed by atoms with E-state index in [1.807, 2.05) is 19.1 Å². The molecular weight excluding hydrogens is 258 g/mol. The third kappa shape index (κ3) is 2.56. The molecule has 78 valence electrons. The Morgan fingerprint density at radius 1 is 1.40 bits per heavy atom. The highest BCUT2D eigenvalue weighted by atomic mass is 79.9. The van der Waals surface area contributed by atoms with Crippen LogP contribution in [0.2, 0.25) is 0 Å². The fraction of sp³-hybridized carbons (Fsp3) is 0.200. The summed E-state index contributed by atoms with van der Waals surface area (Å²) in [5, 5.41) is 3.16. The monoisotopic (exact) mass is 267 g/mol. The van der Waals surface area contributed by atoms with Crippen LogP contribution < -0.4 is 5.32 Å². The fourth-order valence-electron chi connectivity index (χ4n) is 1.15. The van der Waals surface area contributed by atoms with E-state index in [1.165, 1.54) is 6.39 Å². The van der Waals surface area contributed by atoms with E-state index in [0.717, 1.165) is 21.7 Å². The van der Waals surface area contributed by atoms with Gasteiger partial charge in [-0.05, 0) is 35.0 Å². The van der Waals surface area contributed by atoms with E-state index in [2.05, 4.69) is 31.2 Å². The highest BCUT2D eigenvalue weighted by Gasteiger charge is 2.02. The zero-order valence-electron chi connectivity index (χ0n) is 8.20. The SMILES string of the molecule is Cc1ocnc1CNc1ccc(Br)cn1. The van der Waals surface area contributed by atoms with E-state index in [0.29, 0.717) is 6.54 Å². The van der Waals surface area contributed by atoms with E-state index in [9.17, 15) is 0 Å². The predicted molar refractivity (Wildman–Crippen MR) is 60.5 cm³/mol. The van der Waals surface area contributed by atoms with Crippen LogP contribution in [0.25, 0.3) is 0 Å². The molecule has 0 fully saturated rings. The van der Waals surface area contributed by atoms with Crippen molar-refractivity contribution in [1.82, 2.24) is 9.97 Å². The molecule has 0 spiro atoms. The number of pyridine rings is 1. The molecule has 2 rings (SSSR count). The van der Waals surface area contributed by atoms with Crippen molar-refractivity contribution in [2.45, 2.75) is 13.5 Å². The predicted octanol–water partition coefficient (Wildman–Crippen LogP) is 2.75. The second-order valence-corrected chi connectivity index (χ2v) is 3.99. The van der Waals surface area contributed by atoms with Crippen molar-refractivity contribution in [2.24, 2.45) is 0 Å². The summed E-state index contributed by atoms with van der Waals surface area (Å²) in [4.78, 5) is 8.27. The minimum absolute atomic E-state index is 0.622. The molecule has 5 heteroatoms. The largest absolute Gasteiger partial charge is 0.448 e. The van der Waals surface area contributed by atoms with E-state index in [4.69, 9.17) is 4.42 Å². The topological polar surface area (TPSA) is 51.0 Å². The lowest BCUT2D eigenvalue weighted by molar-refractivity contribution is 0.524. The Kier molecular flexibility index (Phi) is 3.01. The summed E-state index contributed by atoms with van der Waals surface area (Å²) < 4.78 is 6.06. The summed E-state index contributed by atoms with van der Waals surface area (Å²) in [6.45, 7) is 2.51. The van der Waals surface area contributed by atoms with Crippen LogP contribution in [0.1, 0.15) is 11.5 Å². The smallest absolute Gasteiger partial charge is 0.181 e. The number of nitrogens with one attached hydrogen (secondary N) is 1. The van der Waals surface area contributed by atoms with Crippen molar-refractivity contribution in [3.8, 4) is 0 Å². The van der Waals surface area contributed by atoms with Gasteiger partial charge in [0.05, 0.1) is 6.54 Å². The summed E-state index contributed by atoms with van der Waals surface area (Å²) in [7, 11) is 0. The molecule has 0 aromatic carbocycles. The lowest BCUT2D eigenvalue weighted by atomic mass is 10.3. The Morgan fingerprint density at radius 2 is 2.27 bits per heavy atom. The van der Waals surface area contributed by atoms with E-state index in [1.54, 1.807) is 6.20 Å². The first-order valence-corrected chi connectivity index (χ1v) is 5.29. The molecule has 0 aliphatic carbocycles. The molecule has 0 atom stereocenters. The number of nitrogens with zero attached hydrogens (tertiary/aromatic N) is 2. The van der Waals surface area contributed by atoms with Crippen LogP contribution in [-0.2, 0) is 6.54 Å². The Bertz CT molecular complexity index is 438. The van der Waals surface area contributed by atoms with Gasteiger partial charge in [-0.25, -0.2) is 9.97 Å². The average molecular weight is 268 g/mol.